The Balaban J connectivity index is 1.15. The van der Waals surface area contributed by atoms with Gasteiger partial charge in [-0.15, -0.1) is 0 Å². The maximum Gasteiger partial charge on any atom is 0.355 e. The van der Waals surface area contributed by atoms with Gasteiger partial charge in [-0.2, -0.15) is 0 Å². The van der Waals surface area contributed by atoms with Gasteiger partial charge in [0, 0.05) is 0 Å². The van der Waals surface area contributed by atoms with Gasteiger partial charge in [0.1, 0.15) is 23.0 Å². The van der Waals surface area contributed by atoms with Crippen LogP contribution in [-0.2, 0) is 33.3 Å². The van der Waals surface area contributed by atoms with Crippen molar-refractivity contribution in [2.75, 3.05) is 0 Å². The molecule has 302 valence electrons. The molecule has 0 spiro atoms. The van der Waals surface area contributed by atoms with E-state index in [1.165, 1.54) is 41.5 Å². The van der Waals surface area contributed by atoms with Gasteiger partial charge in [0.25, 0.3) is 0 Å². The first-order chi connectivity index (χ1) is 26.5. The van der Waals surface area contributed by atoms with Crippen LogP contribution in [0.3, 0.4) is 0 Å². The standard InChI is InChI=1S/C50H66O6/c1-11-49(10,55-43-35-27-40(28-36-43)48(7,8)9)45(51)53-41-29-21-37(22-30-41)19-17-15-14-16-18-20-38-23-31-44(32-24-38)56-50(12-2,13-3)46(52)54-42-33-25-39(26-34-42)47(4,5)6/h21-36H,11-20H2,1-10H3. The lowest BCUT2D eigenvalue weighted by Crippen LogP contribution is -2.46. The molecule has 0 fully saturated rings. The molecule has 0 aliphatic rings. The number of unbranched alkanes of at least 4 members (excludes halogenated alkanes) is 4. The summed E-state index contributed by atoms with van der Waals surface area (Å²) in [6.07, 6.45) is 9.25. The molecule has 4 aromatic carbocycles. The molecule has 0 saturated carbocycles. The van der Waals surface area contributed by atoms with Crippen molar-refractivity contribution in [3.8, 4) is 23.0 Å². The van der Waals surface area contributed by atoms with Gasteiger partial charge in [0.05, 0.1) is 0 Å². The van der Waals surface area contributed by atoms with Crippen molar-refractivity contribution in [3.05, 3.63) is 119 Å². The SMILES string of the molecule is CCC(C)(Oc1ccc(C(C)(C)C)cc1)C(=O)Oc1ccc(CCCCCCCc2ccc(OC(CC)(CC)C(=O)Oc3ccc(C(C)(C)C)cc3)cc2)cc1. The fourth-order valence-electron chi connectivity index (χ4n) is 6.57. The van der Waals surface area contributed by atoms with E-state index in [0.29, 0.717) is 42.3 Å². The van der Waals surface area contributed by atoms with Crippen molar-refractivity contribution in [2.45, 2.75) is 155 Å². The minimum Gasteiger partial charge on any atom is -0.476 e. The van der Waals surface area contributed by atoms with Gasteiger partial charge in [-0.3, -0.25) is 0 Å². The van der Waals surface area contributed by atoms with E-state index in [9.17, 15) is 9.59 Å². The number of carbonyl (C=O) groups is 2. The summed E-state index contributed by atoms with van der Waals surface area (Å²) < 4.78 is 24.1. The molecule has 4 rings (SSSR count). The first-order valence-corrected chi connectivity index (χ1v) is 20.7. The molecule has 0 amide bonds. The molecule has 0 bridgehead atoms. The van der Waals surface area contributed by atoms with Crippen LogP contribution in [0.2, 0.25) is 0 Å². The molecule has 6 nitrogen and oxygen atoms in total. The molecule has 1 unspecified atom stereocenters. The van der Waals surface area contributed by atoms with Crippen molar-refractivity contribution in [2.24, 2.45) is 0 Å². The highest BCUT2D eigenvalue weighted by Crippen LogP contribution is 2.31. The second-order valence-corrected chi connectivity index (χ2v) is 17.4. The van der Waals surface area contributed by atoms with Gasteiger partial charge in [-0.1, -0.05) is 130 Å². The number of carbonyl (C=O) groups excluding carboxylic acids is 2. The second kappa shape index (κ2) is 19.5. The monoisotopic (exact) mass is 762 g/mol. The largest absolute Gasteiger partial charge is 0.476 e. The lowest BCUT2D eigenvalue weighted by atomic mass is 9.87. The Kier molecular flexibility index (Phi) is 15.4. The van der Waals surface area contributed by atoms with E-state index >= 15 is 0 Å². The highest BCUT2D eigenvalue weighted by atomic mass is 16.6. The molecule has 0 aliphatic heterocycles. The van der Waals surface area contributed by atoms with Gasteiger partial charge in [-0.25, -0.2) is 9.59 Å². The maximum absolute atomic E-state index is 13.4. The van der Waals surface area contributed by atoms with E-state index in [-0.39, 0.29) is 16.8 Å². The topological polar surface area (TPSA) is 71.1 Å². The number of esters is 2. The lowest BCUT2D eigenvalue weighted by molar-refractivity contribution is -0.153. The predicted octanol–water partition coefficient (Wildman–Crippen LogP) is 12.7. The van der Waals surface area contributed by atoms with Crippen molar-refractivity contribution in [1.29, 1.82) is 0 Å². The summed E-state index contributed by atoms with van der Waals surface area (Å²) in [5.41, 5.74) is 2.83. The summed E-state index contributed by atoms with van der Waals surface area (Å²) in [5.74, 6) is 1.62. The van der Waals surface area contributed by atoms with E-state index < -0.39 is 17.2 Å². The molecule has 4 aromatic rings. The summed E-state index contributed by atoms with van der Waals surface area (Å²) in [6.45, 7) is 20.6. The van der Waals surface area contributed by atoms with Crippen LogP contribution < -0.4 is 18.9 Å². The second-order valence-electron chi connectivity index (χ2n) is 17.4. The summed E-state index contributed by atoms with van der Waals surface area (Å²) in [5, 5.41) is 0. The Morgan fingerprint density at radius 1 is 0.429 bits per heavy atom. The Bertz CT molecular complexity index is 1810. The summed E-state index contributed by atoms with van der Waals surface area (Å²) in [4.78, 5) is 26.6. The van der Waals surface area contributed by atoms with Crippen LogP contribution in [0.25, 0.3) is 0 Å². The zero-order chi connectivity index (χ0) is 41.0. The quantitative estimate of drug-likeness (QED) is 0.0538. The third-order valence-electron chi connectivity index (χ3n) is 10.9. The molecular weight excluding hydrogens is 697 g/mol. The molecule has 0 radical (unpaired) electrons. The highest BCUT2D eigenvalue weighted by molar-refractivity contribution is 5.82. The zero-order valence-electron chi connectivity index (χ0n) is 35.8. The van der Waals surface area contributed by atoms with Crippen LogP contribution in [0.1, 0.15) is 143 Å². The third-order valence-corrected chi connectivity index (χ3v) is 10.9. The van der Waals surface area contributed by atoms with E-state index in [0.717, 1.165) is 25.7 Å². The van der Waals surface area contributed by atoms with Gasteiger partial charge < -0.3 is 18.9 Å². The molecule has 56 heavy (non-hydrogen) atoms. The Morgan fingerprint density at radius 3 is 1.20 bits per heavy atom. The van der Waals surface area contributed by atoms with Gasteiger partial charge >= 0.3 is 11.9 Å². The number of ether oxygens (including phenoxy) is 4. The Hall–Kier alpha value is -4.58. The normalized spacial score (nSPS) is 13.1. The summed E-state index contributed by atoms with van der Waals surface area (Å²) in [6, 6.07) is 31.7. The molecular formula is C50H66O6. The number of hydrogen-bond acceptors (Lipinski definition) is 6. The lowest BCUT2D eigenvalue weighted by Gasteiger charge is -2.30. The molecule has 0 aromatic heterocycles. The molecule has 0 saturated heterocycles. The van der Waals surface area contributed by atoms with Crippen molar-refractivity contribution in [1.82, 2.24) is 0 Å². The first kappa shape index (κ1) is 44.1. The Labute approximate surface area is 337 Å². The van der Waals surface area contributed by atoms with Crippen LogP contribution in [0, 0.1) is 0 Å². The number of hydrogen-bond donors (Lipinski definition) is 0. The fourth-order valence-corrected chi connectivity index (χ4v) is 6.57. The molecule has 0 aliphatic carbocycles. The van der Waals surface area contributed by atoms with Gasteiger partial charge in [-0.05, 0) is 133 Å². The van der Waals surface area contributed by atoms with Crippen LogP contribution >= 0.6 is 0 Å². The zero-order valence-corrected chi connectivity index (χ0v) is 35.8. The van der Waals surface area contributed by atoms with E-state index in [4.69, 9.17) is 18.9 Å². The van der Waals surface area contributed by atoms with E-state index in [1.54, 1.807) is 6.92 Å². The molecule has 1 atom stereocenters. The van der Waals surface area contributed by atoms with E-state index in [1.807, 2.05) is 106 Å². The molecule has 6 heteroatoms. The van der Waals surface area contributed by atoms with E-state index in [2.05, 4.69) is 53.7 Å². The predicted molar refractivity (Wildman–Crippen MR) is 228 cm³/mol. The molecule has 0 heterocycles. The third kappa shape index (κ3) is 12.5. The summed E-state index contributed by atoms with van der Waals surface area (Å²) in [7, 11) is 0. The van der Waals surface area contributed by atoms with Gasteiger partial charge in [0.15, 0.2) is 0 Å². The smallest absolute Gasteiger partial charge is 0.355 e. The Morgan fingerprint density at radius 2 is 0.786 bits per heavy atom. The van der Waals surface area contributed by atoms with Crippen LogP contribution in [0.5, 0.6) is 23.0 Å². The van der Waals surface area contributed by atoms with Crippen molar-refractivity contribution >= 4 is 11.9 Å². The first-order valence-electron chi connectivity index (χ1n) is 20.7. The van der Waals surface area contributed by atoms with Crippen molar-refractivity contribution < 1.29 is 28.5 Å². The maximum atomic E-state index is 13.4. The number of rotatable bonds is 19. The summed E-state index contributed by atoms with van der Waals surface area (Å²) >= 11 is 0. The number of aryl methyl sites for hydroxylation is 2. The van der Waals surface area contributed by atoms with Gasteiger partial charge in [0.2, 0.25) is 11.2 Å². The average Bonchev–Trinajstić information content (AvgIpc) is 3.17. The minimum absolute atomic E-state index is 0.0299. The van der Waals surface area contributed by atoms with Crippen LogP contribution in [-0.4, -0.2) is 23.1 Å². The van der Waals surface area contributed by atoms with Crippen LogP contribution in [0.15, 0.2) is 97.1 Å². The van der Waals surface area contributed by atoms with Crippen LogP contribution in [0.4, 0.5) is 0 Å². The average molecular weight is 763 g/mol. The number of benzene rings is 4. The highest BCUT2D eigenvalue weighted by Gasteiger charge is 2.40. The minimum atomic E-state index is -1.09. The fraction of sp³-hybridized carbons (Fsp3) is 0.480. The van der Waals surface area contributed by atoms with Crippen molar-refractivity contribution in [3.63, 3.8) is 0 Å². The molecule has 0 N–H and O–H groups in total.